The summed E-state index contributed by atoms with van der Waals surface area (Å²) in [7, 11) is 4.78. The lowest BCUT2D eigenvalue weighted by Crippen LogP contribution is -2.31. The Kier molecular flexibility index (Phi) is 6.43. The van der Waals surface area contributed by atoms with Gasteiger partial charge in [0.1, 0.15) is 23.8 Å². The van der Waals surface area contributed by atoms with E-state index in [1.807, 2.05) is 36.4 Å². The lowest BCUT2D eigenvalue weighted by molar-refractivity contribution is 0.0889. The smallest absolute Gasteiger partial charge is 0.235 e. The van der Waals surface area contributed by atoms with Crippen LogP contribution in [0.1, 0.15) is 16.9 Å². The highest BCUT2D eigenvalue weighted by atomic mass is 16.5. The Balaban J connectivity index is 1.47. The molecule has 0 atom stereocenters. The first-order chi connectivity index (χ1) is 17.5. The average Bonchev–Trinajstić information content (AvgIpc) is 2.91. The predicted molar refractivity (Wildman–Crippen MR) is 135 cm³/mol. The van der Waals surface area contributed by atoms with E-state index in [4.69, 9.17) is 28.1 Å². The van der Waals surface area contributed by atoms with Crippen molar-refractivity contribution in [2.75, 3.05) is 28.1 Å². The van der Waals surface area contributed by atoms with Crippen LogP contribution in [0.2, 0.25) is 0 Å². The van der Waals surface area contributed by atoms with E-state index in [2.05, 4.69) is 4.90 Å². The number of para-hydroxylation sites is 2. The topological polar surface area (TPSA) is 79.6 Å². The molecule has 0 aliphatic carbocycles. The van der Waals surface area contributed by atoms with E-state index in [0.717, 1.165) is 11.1 Å². The molecule has 0 amide bonds. The SMILES string of the molecule is COc1ccc(CN2COc3ccc4c(=O)c(Oc5ccccc5OC)c(C)oc4c3C2)cc1OC. The van der Waals surface area contributed by atoms with Crippen molar-refractivity contribution in [2.45, 2.75) is 20.0 Å². The molecule has 1 aliphatic rings. The van der Waals surface area contributed by atoms with Crippen LogP contribution in [-0.4, -0.2) is 33.0 Å². The summed E-state index contributed by atoms with van der Waals surface area (Å²) in [5.74, 6) is 3.53. The van der Waals surface area contributed by atoms with Crippen molar-refractivity contribution in [1.82, 2.24) is 4.90 Å². The monoisotopic (exact) mass is 489 g/mol. The molecule has 36 heavy (non-hydrogen) atoms. The summed E-state index contributed by atoms with van der Waals surface area (Å²) in [5.41, 5.74) is 2.12. The van der Waals surface area contributed by atoms with Crippen molar-refractivity contribution < 1.29 is 28.1 Å². The fourth-order valence-electron chi connectivity index (χ4n) is 4.37. The number of nitrogens with zero attached hydrogens (tertiary/aromatic N) is 1. The third-order valence-electron chi connectivity index (χ3n) is 6.16. The van der Waals surface area contributed by atoms with Gasteiger partial charge in [0.25, 0.3) is 0 Å². The van der Waals surface area contributed by atoms with Gasteiger partial charge in [0, 0.05) is 13.1 Å². The summed E-state index contributed by atoms with van der Waals surface area (Å²) in [6.07, 6.45) is 0. The molecule has 3 aromatic carbocycles. The first kappa shape index (κ1) is 23.6. The van der Waals surface area contributed by atoms with Crippen LogP contribution in [0.15, 0.2) is 63.8 Å². The van der Waals surface area contributed by atoms with Gasteiger partial charge in [0.05, 0.1) is 32.3 Å². The fourth-order valence-corrected chi connectivity index (χ4v) is 4.37. The summed E-state index contributed by atoms with van der Waals surface area (Å²) in [6, 6.07) is 16.5. The van der Waals surface area contributed by atoms with Crippen LogP contribution in [0.5, 0.6) is 34.5 Å². The highest BCUT2D eigenvalue weighted by Gasteiger charge is 2.25. The molecule has 0 fully saturated rings. The molecule has 4 aromatic rings. The minimum atomic E-state index is -0.250. The number of aryl methyl sites for hydroxylation is 1. The first-order valence-corrected chi connectivity index (χ1v) is 11.5. The summed E-state index contributed by atoms with van der Waals surface area (Å²) >= 11 is 0. The molecule has 0 saturated carbocycles. The largest absolute Gasteiger partial charge is 0.493 e. The van der Waals surface area contributed by atoms with Crippen LogP contribution < -0.4 is 29.1 Å². The molecule has 0 bridgehead atoms. The highest BCUT2D eigenvalue weighted by molar-refractivity contribution is 5.83. The van der Waals surface area contributed by atoms with Gasteiger partial charge in [-0.2, -0.15) is 0 Å². The maximum Gasteiger partial charge on any atom is 0.235 e. The molecule has 8 heteroatoms. The standard InChI is InChI=1S/C28H27NO7/c1-17-27(36-24-8-6-5-7-22(24)31-2)26(30)19-10-12-21-20(28(19)35-17)15-29(16-34-21)14-18-9-11-23(32-3)25(13-18)33-4/h5-13H,14-16H2,1-4H3. The zero-order chi connectivity index (χ0) is 25.2. The van der Waals surface area contributed by atoms with E-state index in [0.29, 0.717) is 65.3 Å². The molecule has 0 spiro atoms. The van der Waals surface area contributed by atoms with E-state index in [1.54, 1.807) is 46.5 Å². The Morgan fingerprint density at radius 1 is 0.889 bits per heavy atom. The summed E-state index contributed by atoms with van der Waals surface area (Å²) < 4.78 is 34.3. The number of ether oxygens (including phenoxy) is 5. The van der Waals surface area contributed by atoms with Crippen molar-refractivity contribution in [1.29, 1.82) is 0 Å². The average molecular weight is 490 g/mol. The van der Waals surface area contributed by atoms with Gasteiger partial charge in [-0.1, -0.05) is 18.2 Å². The van der Waals surface area contributed by atoms with Crippen molar-refractivity contribution in [3.8, 4) is 34.5 Å². The van der Waals surface area contributed by atoms with Crippen LogP contribution in [0.25, 0.3) is 11.0 Å². The normalized spacial score (nSPS) is 13.1. The Morgan fingerprint density at radius 2 is 1.61 bits per heavy atom. The molecule has 186 valence electrons. The first-order valence-electron chi connectivity index (χ1n) is 11.5. The molecule has 0 radical (unpaired) electrons. The molecule has 1 aliphatic heterocycles. The zero-order valence-electron chi connectivity index (χ0n) is 20.6. The number of rotatable bonds is 7. The molecule has 1 aromatic heterocycles. The van der Waals surface area contributed by atoms with Crippen LogP contribution in [0.3, 0.4) is 0 Å². The van der Waals surface area contributed by atoms with Gasteiger partial charge in [0.2, 0.25) is 11.2 Å². The molecule has 0 unspecified atom stereocenters. The van der Waals surface area contributed by atoms with Gasteiger partial charge >= 0.3 is 0 Å². The maximum atomic E-state index is 13.4. The third kappa shape index (κ3) is 4.31. The van der Waals surface area contributed by atoms with Crippen LogP contribution in [-0.2, 0) is 13.1 Å². The molecular formula is C28H27NO7. The third-order valence-corrected chi connectivity index (χ3v) is 6.16. The lowest BCUT2D eigenvalue weighted by Gasteiger charge is -2.29. The van der Waals surface area contributed by atoms with Gasteiger partial charge in [-0.3, -0.25) is 9.69 Å². The van der Waals surface area contributed by atoms with Gasteiger partial charge in [-0.05, 0) is 48.9 Å². The van der Waals surface area contributed by atoms with Crippen LogP contribution in [0, 0.1) is 6.92 Å². The second-order valence-electron chi connectivity index (χ2n) is 8.44. The van der Waals surface area contributed by atoms with Gasteiger partial charge in [-0.15, -0.1) is 0 Å². The second-order valence-corrected chi connectivity index (χ2v) is 8.44. The highest BCUT2D eigenvalue weighted by Crippen LogP contribution is 2.36. The second kappa shape index (κ2) is 9.83. The quantitative estimate of drug-likeness (QED) is 0.347. The molecular weight excluding hydrogens is 462 g/mol. The van der Waals surface area contributed by atoms with Crippen LogP contribution >= 0.6 is 0 Å². The van der Waals surface area contributed by atoms with E-state index >= 15 is 0 Å². The Labute approximate surface area is 208 Å². The van der Waals surface area contributed by atoms with E-state index < -0.39 is 0 Å². The molecule has 8 nitrogen and oxygen atoms in total. The predicted octanol–water partition coefficient (Wildman–Crippen LogP) is 5.27. The van der Waals surface area contributed by atoms with E-state index in [-0.39, 0.29) is 11.2 Å². The Morgan fingerprint density at radius 3 is 2.36 bits per heavy atom. The zero-order valence-corrected chi connectivity index (χ0v) is 20.6. The van der Waals surface area contributed by atoms with Crippen LogP contribution in [0.4, 0.5) is 0 Å². The van der Waals surface area contributed by atoms with Crippen molar-refractivity contribution in [3.63, 3.8) is 0 Å². The van der Waals surface area contributed by atoms with E-state index in [9.17, 15) is 4.79 Å². The fraction of sp³-hybridized carbons (Fsp3) is 0.250. The number of fused-ring (bicyclic) bond motifs is 3. The Hall–Kier alpha value is -4.17. The molecule has 2 heterocycles. The summed E-state index contributed by atoms with van der Waals surface area (Å²) in [6.45, 7) is 3.30. The molecule has 0 N–H and O–H groups in total. The number of hydrogen-bond acceptors (Lipinski definition) is 8. The minimum absolute atomic E-state index is 0.130. The lowest BCUT2D eigenvalue weighted by atomic mass is 10.1. The van der Waals surface area contributed by atoms with Gasteiger partial charge in [0.15, 0.2) is 23.0 Å². The molecule has 0 saturated heterocycles. The van der Waals surface area contributed by atoms with Gasteiger partial charge < -0.3 is 28.1 Å². The molecule has 5 rings (SSSR count). The summed E-state index contributed by atoms with van der Waals surface area (Å²) in [4.78, 5) is 15.6. The van der Waals surface area contributed by atoms with Crippen molar-refractivity contribution in [3.05, 3.63) is 81.7 Å². The van der Waals surface area contributed by atoms with E-state index in [1.165, 1.54) is 0 Å². The Bertz CT molecular complexity index is 1480. The maximum absolute atomic E-state index is 13.4. The summed E-state index contributed by atoms with van der Waals surface area (Å²) in [5, 5.41) is 0.431. The number of hydrogen-bond donors (Lipinski definition) is 0. The van der Waals surface area contributed by atoms with Crippen molar-refractivity contribution >= 4 is 11.0 Å². The minimum Gasteiger partial charge on any atom is -0.493 e. The van der Waals surface area contributed by atoms with Gasteiger partial charge in [-0.25, -0.2) is 0 Å². The van der Waals surface area contributed by atoms with Crippen molar-refractivity contribution in [2.24, 2.45) is 0 Å². The number of methoxy groups -OCH3 is 3. The number of benzene rings is 3.